The van der Waals surface area contributed by atoms with E-state index in [0.29, 0.717) is 24.4 Å². The minimum atomic E-state index is -3.46. The highest BCUT2D eigenvalue weighted by Gasteiger charge is 2.21. The molecule has 5 nitrogen and oxygen atoms in total. The third-order valence-electron chi connectivity index (χ3n) is 2.84. The second-order valence-corrected chi connectivity index (χ2v) is 6.29. The van der Waals surface area contributed by atoms with Gasteiger partial charge in [-0.25, -0.2) is 8.42 Å². The second-order valence-electron chi connectivity index (χ2n) is 4.35. The third-order valence-corrected chi connectivity index (χ3v) is 4.91. The number of nitrogens with zero attached hydrogens (tertiary/aromatic N) is 1. The Morgan fingerprint density at radius 2 is 1.70 bits per heavy atom. The van der Waals surface area contributed by atoms with Crippen LogP contribution in [0.3, 0.4) is 0 Å². The molecule has 0 aliphatic carbocycles. The molecule has 0 spiro atoms. The minimum absolute atomic E-state index is 0.217. The molecule has 1 aromatic carbocycles. The number of amides is 1. The zero-order valence-electron chi connectivity index (χ0n) is 12.0. The van der Waals surface area contributed by atoms with Gasteiger partial charge < -0.3 is 5.32 Å². The lowest BCUT2D eigenvalue weighted by atomic mass is 10.3. The molecule has 0 aromatic heterocycles. The molecule has 0 heterocycles. The molecule has 6 heteroatoms. The lowest BCUT2D eigenvalue weighted by molar-refractivity contribution is -0.112. The van der Waals surface area contributed by atoms with Crippen LogP contribution in [-0.4, -0.2) is 31.7 Å². The fourth-order valence-electron chi connectivity index (χ4n) is 1.66. The summed E-state index contributed by atoms with van der Waals surface area (Å²) in [7, 11) is -3.46. The fraction of sp³-hybridized carbons (Fsp3) is 0.357. The predicted octanol–water partition coefficient (Wildman–Crippen LogP) is 2.23. The van der Waals surface area contributed by atoms with E-state index in [-0.39, 0.29) is 10.8 Å². The summed E-state index contributed by atoms with van der Waals surface area (Å²) in [6, 6.07) is 6.11. The number of rotatable bonds is 6. The van der Waals surface area contributed by atoms with E-state index in [4.69, 9.17) is 0 Å². The van der Waals surface area contributed by atoms with E-state index < -0.39 is 10.0 Å². The second kappa shape index (κ2) is 6.67. The van der Waals surface area contributed by atoms with Crippen LogP contribution in [0.4, 0.5) is 5.69 Å². The summed E-state index contributed by atoms with van der Waals surface area (Å²) in [5, 5.41) is 2.63. The van der Waals surface area contributed by atoms with Gasteiger partial charge in [-0.2, -0.15) is 4.31 Å². The van der Waals surface area contributed by atoms with Crippen molar-refractivity contribution in [2.75, 3.05) is 18.4 Å². The number of anilines is 1. The number of sulfonamides is 1. The molecule has 0 fully saturated rings. The minimum Gasteiger partial charge on any atom is -0.322 e. The monoisotopic (exact) mass is 296 g/mol. The van der Waals surface area contributed by atoms with Crippen molar-refractivity contribution in [3.8, 4) is 0 Å². The van der Waals surface area contributed by atoms with Crippen molar-refractivity contribution in [2.45, 2.75) is 25.7 Å². The van der Waals surface area contributed by atoms with Crippen LogP contribution in [0.25, 0.3) is 0 Å². The summed E-state index contributed by atoms with van der Waals surface area (Å²) >= 11 is 0. The van der Waals surface area contributed by atoms with Crippen molar-refractivity contribution in [1.82, 2.24) is 4.31 Å². The van der Waals surface area contributed by atoms with E-state index in [1.807, 2.05) is 0 Å². The standard InChI is InChI=1S/C14H20N2O3S/c1-5-16(6-2)20(18,19)13-9-7-12(8-10-13)15-14(17)11(3)4/h7-10H,3,5-6H2,1-2,4H3,(H,15,17). The zero-order chi connectivity index (χ0) is 15.3. The van der Waals surface area contributed by atoms with Crippen LogP contribution in [0, 0.1) is 0 Å². The number of carbonyl (C=O) groups excluding carboxylic acids is 1. The van der Waals surface area contributed by atoms with Crippen molar-refractivity contribution in [3.05, 3.63) is 36.4 Å². The highest BCUT2D eigenvalue weighted by Crippen LogP contribution is 2.18. The maximum atomic E-state index is 12.3. The lowest BCUT2D eigenvalue weighted by Gasteiger charge is -2.18. The van der Waals surface area contributed by atoms with Gasteiger partial charge in [0.2, 0.25) is 10.0 Å². The molecule has 1 aromatic rings. The Hall–Kier alpha value is -1.66. The average Bonchev–Trinajstić information content (AvgIpc) is 2.40. The van der Waals surface area contributed by atoms with Crippen molar-refractivity contribution < 1.29 is 13.2 Å². The summed E-state index contributed by atoms with van der Waals surface area (Å²) in [5.41, 5.74) is 0.932. The molecule has 0 unspecified atom stereocenters. The van der Waals surface area contributed by atoms with Gasteiger partial charge in [0.05, 0.1) is 4.90 Å². The Morgan fingerprint density at radius 1 is 1.20 bits per heavy atom. The Bertz CT molecular complexity index is 587. The predicted molar refractivity (Wildman–Crippen MR) is 80.0 cm³/mol. The first-order chi connectivity index (χ1) is 9.32. The van der Waals surface area contributed by atoms with E-state index in [9.17, 15) is 13.2 Å². The van der Waals surface area contributed by atoms with Crippen LogP contribution < -0.4 is 5.32 Å². The maximum absolute atomic E-state index is 12.3. The van der Waals surface area contributed by atoms with Gasteiger partial charge in [0.25, 0.3) is 5.91 Å². The first-order valence-corrected chi connectivity index (χ1v) is 7.84. The molecule has 0 bridgehead atoms. The first-order valence-electron chi connectivity index (χ1n) is 6.40. The van der Waals surface area contributed by atoms with Crippen LogP contribution in [0.2, 0.25) is 0 Å². The van der Waals surface area contributed by atoms with Crippen LogP contribution in [0.1, 0.15) is 20.8 Å². The summed E-state index contributed by atoms with van der Waals surface area (Å²) < 4.78 is 25.9. The van der Waals surface area contributed by atoms with E-state index in [2.05, 4.69) is 11.9 Å². The van der Waals surface area contributed by atoms with Crippen molar-refractivity contribution in [1.29, 1.82) is 0 Å². The van der Waals surface area contributed by atoms with Gasteiger partial charge in [0, 0.05) is 24.4 Å². The number of hydrogen-bond acceptors (Lipinski definition) is 3. The van der Waals surface area contributed by atoms with Gasteiger partial charge in [0.1, 0.15) is 0 Å². The Morgan fingerprint density at radius 3 is 2.10 bits per heavy atom. The molecule has 0 saturated heterocycles. The molecule has 0 atom stereocenters. The molecule has 0 radical (unpaired) electrons. The summed E-state index contributed by atoms with van der Waals surface area (Å²) in [5.74, 6) is -0.288. The van der Waals surface area contributed by atoms with E-state index in [1.165, 1.54) is 16.4 Å². The summed E-state index contributed by atoms with van der Waals surface area (Å²) in [6.07, 6.45) is 0. The van der Waals surface area contributed by atoms with Crippen molar-refractivity contribution >= 4 is 21.6 Å². The van der Waals surface area contributed by atoms with Crippen LogP contribution >= 0.6 is 0 Å². The molecule has 110 valence electrons. The smallest absolute Gasteiger partial charge is 0.250 e. The number of nitrogens with one attached hydrogen (secondary N) is 1. The molecule has 0 saturated carbocycles. The SMILES string of the molecule is C=C(C)C(=O)Nc1ccc(S(=O)(=O)N(CC)CC)cc1. The number of benzene rings is 1. The van der Waals surface area contributed by atoms with E-state index >= 15 is 0 Å². The molecular formula is C14H20N2O3S. The number of hydrogen-bond donors (Lipinski definition) is 1. The Kier molecular flexibility index (Phi) is 5.47. The zero-order valence-corrected chi connectivity index (χ0v) is 12.8. The molecular weight excluding hydrogens is 276 g/mol. The largest absolute Gasteiger partial charge is 0.322 e. The van der Waals surface area contributed by atoms with Gasteiger partial charge in [-0.1, -0.05) is 20.4 Å². The fourth-order valence-corrected chi connectivity index (χ4v) is 3.12. The topological polar surface area (TPSA) is 66.5 Å². The highest BCUT2D eigenvalue weighted by molar-refractivity contribution is 7.89. The Labute approximate surface area is 120 Å². The molecule has 1 amide bonds. The van der Waals surface area contributed by atoms with Crippen LogP contribution in [0.15, 0.2) is 41.3 Å². The maximum Gasteiger partial charge on any atom is 0.250 e. The quantitative estimate of drug-likeness (QED) is 0.819. The van der Waals surface area contributed by atoms with Crippen molar-refractivity contribution in [3.63, 3.8) is 0 Å². The summed E-state index contributed by atoms with van der Waals surface area (Å²) in [6.45, 7) is 9.58. The summed E-state index contributed by atoms with van der Waals surface area (Å²) in [4.78, 5) is 11.7. The highest BCUT2D eigenvalue weighted by atomic mass is 32.2. The molecule has 20 heavy (non-hydrogen) atoms. The van der Waals surface area contributed by atoms with E-state index in [1.54, 1.807) is 32.9 Å². The molecule has 1 rings (SSSR count). The van der Waals surface area contributed by atoms with E-state index in [0.717, 1.165) is 0 Å². The van der Waals surface area contributed by atoms with Gasteiger partial charge in [0.15, 0.2) is 0 Å². The average molecular weight is 296 g/mol. The van der Waals surface area contributed by atoms with Gasteiger partial charge in [-0.3, -0.25) is 4.79 Å². The van der Waals surface area contributed by atoms with Gasteiger partial charge in [-0.05, 0) is 31.2 Å². The van der Waals surface area contributed by atoms with Gasteiger partial charge in [-0.15, -0.1) is 0 Å². The van der Waals surface area contributed by atoms with Crippen LogP contribution in [-0.2, 0) is 14.8 Å². The van der Waals surface area contributed by atoms with Crippen molar-refractivity contribution in [2.24, 2.45) is 0 Å². The first kappa shape index (κ1) is 16.4. The third kappa shape index (κ3) is 3.68. The Balaban J connectivity index is 2.97. The molecule has 0 aliphatic heterocycles. The number of carbonyl (C=O) groups is 1. The lowest BCUT2D eigenvalue weighted by Crippen LogP contribution is -2.30. The van der Waals surface area contributed by atoms with Gasteiger partial charge >= 0.3 is 0 Å². The normalized spacial score (nSPS) is 11.4. The van der Waals surface area contributed by atoms with Crippen LogP contribution in [0.5, 0.6) is 0 Å². The molecule has 1 N–H and O–H groups in total. The molecule has 0 aliphatic rings.